The summed E-state index contributed by atoms with van der Waals surface area (Å²) in [6.45, 7) is 1.25. The van der Waals surface area contributed by atoms with Crippen molar-refractivity contribution in [3.05, 3.63) is 46.1 Å². The van der Waals surface area contributed by atoms with E-state index in [9.17, 15) is 9.59 Å². The Morgan fingerprint density at radius 1 is 1.16 bits per heavy atom. The van der Waals surface area contributed by atoms with Crippen LogP contribution >= 0.6 is 23.2 Å². The molecule has 0 saturated carbocycles. The lowest BCUT2D eigenvalue weighted by atomic mass is 10.2. The summed E-state index contributed by atoms with van der Waals surface area (Å²) in [6.07, 6.45) is 0. The van der Waals surface area contributed by atoms with Gasteiger partial charge in [0.05, 0.1) is 5.02 Å². The highest BCUT2D eigenvalue weighted by Gasteiger charge is 2.15. The van der Waals surface area contributed by atoms with Gasteiger partial charge in [-0.3, -0.25) is 14.9 Å². The maximum absolute atomic E-state index is 11.6. The summed E-state index contributed by atoms with van der Waals surface area (Å²) in [7, 11) is 0. The molecule has 98 valence electrons. The second kappa shape index (κ2) is 5.47. The predicted molar refractivity (Wildman–Crippen MR) is 72.3 cm³/mol. The number of carbonyl (C=O) groups is 2. The van der Waals surface area contributed by atoms with Gasteiger partial charge in [-0.1, -0.05) is 23.2 Å². The van der Waals surface area contributed by atoms with Crippen molar-refractivity contribution in [1.29, 1.82) is 0 Å². The Kier molecular flexibility index (Phi) is 3.93. The fourth-order valence-corrected chi connectivity index (χ4v) is 1.90. The zero-order valence-electron chi connectivity index (χ0n) is 9.87. The van der Waals surface area contributed by atoms with Crippen molar-refractivity contribution < 1.29 is 14.0 Å². The Morgan fingerprint density at radius 3 is 2.58 bits per heavy atom. The van der Waals surface area contributed by atoms with Crippen LogP contribution < -0.4 is 5.32 Å². The number of furan rings is 1. The van der Waals surface area contributed by atoms with Crippen LogP contribution in [0.5, 0.6) is 0 Å². The topological polar surface area (TPSA) is 59.3 Å². The van der Waals surface area contributed by atoms with E-state index in [2.05, 4.69) is 5.32 Å². The van der Waals surface area contributed by atoms with E-state index in [1.165, 1.54) is 13.0 Å². The number of amides is 2. The summed E-state index contributed by atoms with van der Waals surface area (Å²) < 4.78 is 5.36. The summed E-state index contributed by atoms with van der Waals surface area (Å²) in [5.41, 5.74) is 0.580. The van der Waals surface area contributed by atoms with E-state index in [1.807, 2.05) is 0 Å². The van der Waals surface area contributed by atoms with Gasteiger partial charge in [0.1, 0.15) is 5.76 Å². The molecular formula is C13H9Cl2NO3. The molecule has 4 nitrogen and oxygen atoms in total. The zero-order valence-corrected chi connectivity index (χ0v) is 11.4. The molecule has 1 aromatic carbocycles. The molecule has 1 heterocycles. The minimum Gasteiger partial charge on any atom is -0.451 e. The number of hydrogen-bond acceptors (Lipinski definition) is 3. The third kappa shape index (κ3) is 3.16. The average molecular weight is 298 g/mol. The van der Waals surface area contributed by atoms with Gasteiger partial charge in [-0.25, -0.2) is 0 Å². The quantitative estimate of drug-likeness (QED) is 0.922. The van der Waals surface area contributed by atoms with E-state index in [0.717, 1.165) is 0 Å². The molecule has 19 heavy (non-hydrogen) atoms. The second-order valence-electron chi connectivity index (χ2n) is 3.80. The van der Waals surface area contributed by atoms with Gasteiger partial charge < -0.3 is 4.42 Å². The zero-order chi connectivity index (χ0) is 14.0. The van der Waals surface area contributed by atoms with Gasteiger partial charge in [0, 0.05) is 17.5 Å². The first-order valence-electron chi connectivity index (χ1n) is 5.34. The van der Waals surface area contributed by atoms with Gasteiger partial charge >= 0.3 is 0 Å². The van der Waals surface area contributed by atoms with Crippen molar-refractivity contribution in [3.8, 4) is 11.3 Å². The molecule has 0 fully saturated rings. The number of carbonyl (C=O) groups excluding carboxylic acids is 2. The molecule has 0 aliphatic rings. The summed E-state index contributed by atoms with van der Waals surface area (Å²) >= 11 is 11.9. The first kappa shape index (κ1) is 13.6. The Labute approximate surface area is 119 Å². The summed E-state index contributed by atoms with van der Waals surface area (Å²) in [4.78, 5) is 22.4. The molecule has 2 rings (SSSR count). The van der Waals surface area contributed by atoms with Crippen LogP contribution in [0.2, 0.25) is 10.0 Å². The van der Waals surface area contributed by atoms with Gasteiger partial charge in [-0.15, -0.1) is 0 Å². The van der Waals surface area contributed by atoms with Crippen LogP contribution in [-0.4, -0.2) is 11.8 Å². The molecule has 0 atom stereocenters. The predicted octanol–water partition coefficient (Wildman–Crippen LogP) is 3.53. The van der Waals surface area contributed by atoms with Gasteiger partial charge in [0.2, 0.25) is 5.91 Å². The maximum atomic E-state index is 11.6. The van der Waals surface area contributed by atoms with Crippen molar-refractivity contribution in [3.63, 3.8) is 0 Å². The summed E-state index contributed by atoms with van der Waals surface area (Å²) in [5, 5.41) is 3.08. The molecule has 0 aliphatic carbocycles. The number of hydrogen-bond donors (Lipinski definition) is 1. The van der Waals surface area contributed by atoms with Crippen LogP contribution in [0.4, 0.5) is 0 Å². The number of rotatable bonds is 2. The molecule has 2 amide bonds. The molecule has 0 unspecified atom stereocenters. The molecular weight excluding hydrogens is 289 g/mol. The molecule has 0 spiro atoms. The highest BCUT2D eigenvalue weighted by atomic mass is 35.5. The largest absolute Gasteiger partial charge is 0.451 e. The number of nitrogens with one attached hydrogen (secondary N) is 1. The first-order chi connectivity index (χ1) is 8.97. The summed E-state index contributed by atoms with van der Waals surface area (Å²) in [6, 6.07) is 7.98. The molecule has 1 aromatic heterocycles. The lowest BCUT2D eigenvalue weighted by Gasteiger charge is -2.01. The molecule has 0 bridgehead atoms. The third-order valence-electron chi connectivity index (χ3n) is 2.31. The van der Waals surface area contributed by atoms with Crippen LogP contribution in [0.1, 0.15) is 17.5 Å². The van der Waals surface area contributed by atoms with Gasteiger partial charge in [-0.05, 0) is 30.3 Å². The van der Waals surface area contributed by atoms with Crippen molar-refractivity contribution in [2.75, 3.05) is 0 Å². The van der Waals surface area contributed by atoms with E-state index < -0.39 is 11.8 Å². The average Bonchev–Trinajstić information content (AvgIpc) is 2.80. The van der Waals surface area contributed by atoms with E-state index in [0.29, 0.717) is 21.4 Å². The maximum Gasteiger partial charge on any atom is 0.293 e. The Hall–Kier alpha value is -1.78. The minimum atomic E-state index is -0.600. The fourth-order valence-electron chi connectivity index (χ4n) is 1.51. The highest BCUT2D eigenvalue weighted by Crippen LogP contribution is 2.31. The van der Waals surface area contributed by atoms with Crippen LogP contribution in [0.3, 0.4) is 0 Å². The highest BCUT2D eigenvalue weighted by molar-refractivity contribution is 6.35. The van der Waals surface area contributed by atoms with Crippen LogP contribution in [0, 0.1) is 0 Å². The first-order valence-corrected chi connectivity index (χ1v) is 6.10. The lowest BCUT2D eigenvalue weighted by Crippen LogP contribution is -2.27. The summed E-state index contributed by atoms with van der Waals surface area (Å²) in [5.74, 6) is -0.622. The Bertz CT molecular complexity index is 649. The lowest BCUT2D eigenvalue weighted by molar-refractivity contribution is -0.118. The van der Waals surface area contributed by atoms with Gasteiger partial charge in [0.25, 0.3) is 5.91 Å². The van der Waals surface area contributed by atoms with E-state index in [4.69, 9.17) is 27.6 Å². The Morgan fingerprint density at radius 2 is 1.89 bits per heavy atom. The van der Waals surface area contributed by atoms with Crippen LogP contribution in [0.15, 0.2) is 34.7 Å². The monoisotopic (exact) mass is 297 g/mol. The number of imide groups is 1. The van der Waals surface area contributed by atoms with Crippen molar-refractivity contribution >= 4 is 35.0 Å². The second-order valence-corrected chi connectivity index (χ2v) is 4.64. The normalized spacial score (nSPS) is 10.3. The van der Waals surface area contributed by atoms with E-state index >= 15 is 0 Å². The van der Waals surface area contributed by atoms with Gasteiger partial charge in [0.15, 0.2) is 5.76 Å². The van der Waals surface area contributed by atoms with E-state index in [1.54, 1.807) is 24.3 Å². The number of benzene rings is 1. The smallest absolute Gasteiger partial charge is 0.293 e. The molecule has 6 heteroatoms. The SMILES string of the molecule is CC(=O)NC(=O)c1ccc(-c2cc(Cl)ccc2Cl)o1. The number of halogens is 2. The molecule has 2 aromatic rings. The van der Waals surface area contributed by atoms with Crippen molar-refractivity contribution in [1.82, 2.24) is 5.32 Å². The molecule has 1 N–H and O–H groups in total. The Balaban J connectivity index is 2.33. The fraction of sp³-hybridized carbons (Fsp3) is 0.0769. The van der Waals surface area contributed by atoms with Crippen molar-refractivity contribution in [2.45, 2.75) is 6.92 Å². The third-order valence-corrected chi connectivity index (χ3v) is 2.88. The van der Waals surface area contributed by atoms with Crippen molar-refractivity contribution in [2.24, 2.45) is 0 Å². The van der Waals surface area contributed by atoms with E-state index in [-0.39, 0.29) is 5.76 Å². The molecule has 0 radical (unpaired) electrons. The van der Waals surface area contributed by atoms with Gasteiger partial charge in [-0.2, -0.15) is 0 Å². The minimum absolute atomic E-state index is 0.0289. The molecule has 0 aliphatic heterocycles. The van der Waals surface area contributed by atoms with Crippen LogP contribution in [0.25, 0.3) is 11.3 Å². The molecule has 0 saturated heterocycles. The standard InChI is InChI=1S/C13H9Cl2NO3/c1-7(17)16-13(18)12-5-4-11(19-12)9-6-8(14)2-3-10(9)15/h2-6H,1H3,(H,16,17,18). The van der Waals surface area contributed by atoms with Crippen LogP contribution in [-0.2, 0) is 4.79 Å².